The molecule has 0 saturated carbocycles. The smallest absolute Gasteiger partial charge is 0.325 e. The van der Waals surface area contributed by atoms with Gasteiger partial charge in [-0.25, -0.2) is 32.5 Å². The van der Waals surface area contributed by atoms with Gasteiger partial charge in [0.1, 0.15) is 53.8 Å². The molecule has 9 aliphatic heterocycles. The number of hydrogen-bond donors (Lipinski definition) is 6. The van der Waals surface area contributed by atoms with Gasteiger partial charge in [0.05, 0.1) is 43.2 Å². The van der Waals surface area contributed by atoms with Crippen LogP contribution in [-0.4, -0.2) is 186 Å². The molecule has 9 atom stereocenters. The predicted octanol–water partition coefficient (Wildman–Crippen LogP) is 15.9. The first-order valence-corrected chi connectivity index (χ1v) is 42.1. The van der Waals surface area contributed by atoms with E-state index < -0.39 is 66.3 Å². The fraction of sp³-hybridized carbons (Fsp3) is 0.596. The maximum absolute atomic E-state index is 15.1. The van der Waals surface area contributed by atoms with E-state index in [-0.39, 0.29) is 59.9 Å². The molecule has 25 heteroatoms. The van der Waals surface area contributed by atoms with E-state index in [1.807, 2.05) is 35.2 Å². The van der Waals surface area contributed by atoms with Crippen molar-refractivity contribution in [2.24, 2.45) is 5.41 Å². The van der Waals surface area contributed by atoms with Gasteiger partial charge in [-0.15, -0.1) is 0 Å². The zero-order valence-electron chi connectivity index (χ0n) is 66.4. The Morgan fingerprint density at radius 2 is 0.947 bits per heavy atom. The van der Waals surface area contributed by atoms with Crippen LogP contribution in [0.15, 0.2) is 97.1 Å². The molecular weight excluding hydrogens is 1460 g/mol. The zero-order valence-corrected chi connectivity index (χ0v) is 66.4. The minimum absolute atomic E-state index is 0.0429. The Labute approximate surface area is 668 Å². The van der Waals surface area contributed by atoms with Gasteiger partial charge in [-0.2, -0.15) is 0 Å². The fourth-order valence-electron chi connectivity index (χ4n) is 17.8. The summed E-state index contributed by atoms with van der Waals surface area (Å²) in [6, 6.07) is 26.8. The summed E-state index contributed by atoms with van der Waals surface area (Å²) in [6.07, 6.45) is 20.8. The number of unbranched alkanes of at least 4 members (excludes halogenated alkanes) is 3. The molecule has 15 rings (SSSR count). The van der Waals surface area contributed by atoms with Crippen LogP contribution < -0.4 is 16.0 Å². The number of fused-ring (bicyclic) bond motifs is 3. The number of halogens is 4. The van der Waals surface area contributed by atoms with Crippen LogP contribution in [0, 0.1) is 17.0 Å². The minimum Gasteiger partial charge on any atom is -0.480 e. The van der Waals surface area contributed by atoms with Crippen molar-refractivity contribution >= 4 is 35.4 Å². The molecule has 12 heterocycles. The third kappa shape index (κ3) is 22.7. The van der Waals surface area contributed by atoms with E-state index in [1.165, 1.54) is 47.4 Å². The molecule has 6 aromatic rings. The maximum atomic E-state index is 15.1. The number of carbonyl (C=O) groups is 3. The van der Waals surface area contributed by atoms with E-state index in [9.17, 15) is 42.9 Å². The highest BCUT2D eigenvalue weighted by molar-refractivity contribution is 5.78. The monoisotopic (exact) mass is 1580 g/mol. The van der Waals surface area contributed by atoms with Gasteiger partial charge in [0.15, 0.2) is 0 Å². The molecule has 3 aromatic carbocycles. The molecule has 3 aromatic heterocycles. The lowest BCUT2D eigenvalue weighted by atomic mass is 9.82. The Kier molecular flexibility index (Phi) is 29.9. The van der Waals surface area contributed by atoms with Crippen molar-refractivity contribution in [2.45, 2.75) is 235 Å². The van der Waals surface area contributed by atoms with E-state index in [2.05, 4.69) is 71.1 Å². The molecule has 0 amide bonds. The van der Waals surface area contributed by atoms with Crippen molar-refractivity contribution in [1.82, 2.24) is 29.7 Å². The lowest BCUT2D eigenvalue weighted by molar-refractivity contribution is -0.147. The highest BCUT2D eigenvalue weighted by Gasteiger charge is 2.43. The fourth-order valence-corrected chi connectivity index (χ4v) is 17.8. The van der Waals surface area contributed by atoms with Crippen LogP contribution in [0.1, 0.15) is 239 Å². The van der Waals surface area contributed by atoms with Gasteiger partial charge in [-0.3, -0.25) is 29.1 Å². The molecule has 618 valence electrons. The van der Waals surface area contributed by atoms with Gasteiger partial charge < -0.3 is 59.7 Å². The molecule has 2 unspecified atom stereocenters. The Bertz CT molecular complexity index is 4150. The molecule has 6 fully saturated rings. The number of likely N-dealkylation sites (tertiary alicyclic amines) is 3. The topological polar surface area (TPSA) is 252 Å². The third-order valence-electron chi connectivity index (χ3n) is 24.0. The SMILES string of the molecule is CC1(C)CCC(c2ccccc2[C@@H](C(=O)O)N2CC[C@@H](OCCCCc3ccc4c(n3)NCCC4)C2)OC1.O=C(O)[C@H](c1c(F)cccc1[C@@H]1CCCCO1)N1CC[C@@H](OCCCCc2ccc3c(n2)NCCC3)C1.O=C(O)[C@H](c1cc(F)ccc1C1CCC(F)(F)CO1)N1CC[C@@H](OCCCCc2ccc3c(n2)NCCC3)C1. The molecule has 114 heavy (non-hydrogen) atoms. The second-order valence-corrected chi connectivity index (χ2v) is 33.1. The lowest BCUT2D eigenvalue weighted by Gasteiger charge is -2.36. The number of benzene rings is 3. The zero-order chi connectivity index (χ0) is 79.6. The number of anilines is 3. The van der Waals surface area contributed by atoms with Crippen LogP contribution in [0.25, 0.3) is 0 Å². The van der Waals surface area contributed by atoms with Crippen molar-refractivity contribution in [3.63, 3.8) is 0 Å². The summed E-state index contributed by atoms with van der Waals surface area (Å²) >= 11 is 0. The summed E-state index contributed by atoms with van der Waals surface area (Å²) in [4.78, 5) is 57.3. The average Bonchev–Trinajstić information content (AvgIpc) is 1.49. The second-order valence-electron chi connectivity index (χ2n) is 33.1. The number of nitrogens with one attached hydrogen (secondary N) is 3. The summed E-state index contributed by atoms with van der Waals surface area (Å²) in [5.74, 6) is -3.81. The van der Waals surface area contributed by atoms with E-state index in [4.69, 9.17) is 43.4 Å². The highest BCUT2D eigenvalue weighted by atomic mass is 19.3. The Morgan fingerprint density at radius 3 is 1.41 bits per heavy atom. The Morgan fingerprint density at radius 1 is 0.491 bits per heavy atom. The number of alkyl halides is 2. The van der Waals surface area contributed by atoms with E-state index in [1.54, 1.807) is 11.0 Å². The van der Waals surface area contributed by atoms with Gasteiger partial charge in [-0.05, 0) is 240 Å². The molecule has 6 N–H and O–H groups in total. The minimum atomic E-state index is -2.91. The number of hydrogen-bond acceptors (Lipinski definition) is 18. The molecule has 9 aliphatic rings. The van der Waals surface area contributed by atoms with Gasteiger partial charge in [0.25, 0.3) is 5.92 Å². The second kappa shape index (κ2) is 40.4. The number of rotatable bonds is 30. The van der Waals surface area contributed by atoms with Crippen molar-refractivity contribution in [3.8, 4) is 0 Å². The summed E-state index contributed by atoms with van der Waals surface area (Å²) in [5, 5.41) is 40.7. The molecular formula is C89H117F4N9O12. The van der Waals surface area contributed by atoms with Gasteiger partial charge >= 0.3 is 17.9 Å². The Hall–Kier alpha value is -7.72. The number of pyridine rings is 3. The van der Waals surface area contributed by atoms with Crippen molar-refractivity contribution < 1.29 is 75.7 Å². The first-order valence-electron chi connectivity index (χ1n) is 42.1. The summed E-state index contributed by atoms with van der Waals surface area (Å²) in [6.45, 7) is 13.2. The highest BCUT2D eigenvalue weighted by Crippen LogP contribution is 2.44. The van der Waals surface area contributed by atoms with Crippen molar-refractivity contribution in [1.29, 1.82) is 0 Å². The standard InChI is InChI=1S/C31H43N3O4.C29H36F3N3O4.C29H38FN3O4/c1-31(2)16-14-27(38-21-31)25-10-3-4-11-26(25)28(30(35)36)34-18-15-24(20-34)37-19-6-5-9-23-13-12-22-8-7-17-32-29(22)33-23;30-20-7-9-23(25-10-12-29(31,32)18-39-25)24(16-20)26(28(36)37)35-14-11-22(17-35)38-15-2-1-5-21-8-6-19-4-3-13-33-27(19)34-21;30-24-10-5-9-23(25-11-2-4-18-37-25)26(24)27(29(34)35)33-16-14-22(19-33)36-17-3-1-8-21-13-12-20-7-6-15-31-28(20)32-21/h3-4,10-13,24,27-28H,5-9,14-21H2,1-2H3,(H,32,33)(H,35,36);6-9,16,22,25-26H,1-5,10-15,17-18H2,(H,33,34)(H,36,37);5,9-10,12-13,22,25,27H,1-4,6-8,11,14-19H2,(H,31,32)(H,34,35)/t24-,27?,28+;22-,25?,26+;22-,25+,27+/m111/s1. The number of aliphatic carboxylic acids is 3. The number of aryl methyl sites for hydroxylation is 6. The Balaban J connectivity index is 0.000000149. The third-order valence-corrected chi connectivity index (χ3v) is 24.0. The van der Waals surface area contributed by atoms with Crippen molar-refractivity contribution in [3.05, 3.63) is 176 Å². The summed E-state index contributed by atoms with van der Waals surface area (Å²) < 4.78 is 92.5. The predicted molar refractivity (Wildman–Crippen MR) is 427 cm³/mol. The largest absolute Gasteiger partial charge is 0.480 e. The van der Waals surface area contributed by atoms with E-state index in [0.717, 1.165) is 207 Å². The quantitative estimate of drug-likeness (QED) is 0.0181. The van der Waals surface area contributed by atoms with Gasteiger partial charge in [-0.1, -0.05) is 74.5 Å². The number of carboxylic acids is 3. The number of ether oxygens (including phenoxy) is 6. The van der Waals surface area contributed by atoms with Gasteiger partial charge in [0.2, 0.25) is 0 Å². The van der Waals surface area contributed by atoms with Gasteiger partial charge in [0, 0.05) is 114 Å². The molecule has 6 saturated heterocycles. The van der Waals surface area contributed by atoms with Crippen LogP contribution in [0.2, 0.25) is 0 Å². The molecule has 0 aliphatic carbocycles. The normalized spacial score (nSPS) is 23.5. The number of carboxylic acid groups (broad SMARTS) is 3. The molecule has 0 bridgehead atoms. The lowest BCUT2D eigenvalue weighted by Crippen LogP contribution is -2.36. The van der Waals surface area contributed by atoms with E-state index in [0.29, 0.717) is 83.3 Å². The van der Waals surface area contributed by atoms with Crippen LogP contribution in [0.5, 0.6) is 0 Å². The van der Waals surface area contributed by atoms with Crippen molar-refractivity contribution in [2.75, 3.05) is 114 Å². The van der Waals surface area contributed by atoms with E-state index >= 15 is 4.39 Å². The maximum Gasteiger partial charge on any atom is 0.325 e. The number of aromatic nitrogens is 3. The van der Waals surface area contributed by atoms with Crippen LogP contribution in [-0.2, 0) is 81.3 Å². The first-order chi connectivity index (χ1) is 55.3. The van der Waals surface area contributed by atoms with Crippen LogP contribution >= 0.6 is 0 Å². The summed E-state index contributed by atoms with van der Waals surface area (Å²) in [7, 11) is 0. The summed E-state index contributed by atoms with van der Waals surface area (Å²) in [5.41, 5.74) is 10.9. The van der Waals surface area contributed by atoms with Crippen LogP contribution in [0.3, 0.4) is 0 Å². The molecule has 0 radical (unpaired) electrons. The van der Waals surface area contributed by atoms with Crippen LogP contribution in [0.4, 0.5) is 35.0 Å². The molecule has 21 nitrogen and oxygen atoms in total. The average molecular weight is 1580 g/mol. The number of nitrogens with zero attached hydrogens (tertiary/aromatic N) is 6. The molecule has 0 spiro atoms. The first kappa shape index (κ1) is 84.2.